The van der Waals surface area contributed by atoms with Crippen molar-refractivity contribution in [1.82, 2.24) is 10.2 Å². The molecule has 0 bridgehead atoms. The van der Waals surface area contributed by atoms with E-state index in [0.717, 1.165) is 11.3 Å². The van der Waals surface area contributed by atoms with Gasteiger partial charge in [-0.3, -0.25) is 0 Å². The molecule has 1 heterocycles. The summed E-state index contributed by atoms with van der Waals surface area (Å²) < 4.78 is 11.7. The van der Waals surface area contributed by atoms with E-state index in [2.05, 4.69) is 10.6 Å². The van der Waals surface area contributed by atoms with Crippen LogP contribution in [0, 0.1) is 0 Å². The molecule has 8 heteroatoms. The fourth-order valence-electron chi connectivity index (χ4n) is 3.23. The number of nitrogens with zero attached hydrogens (tertiary/aromatic N) is 3. The number of para-hydroxylation sites is 1. The van der Waals surface area contributed by atoms with Crippen molar-refractivity contribution in [3.8, 4) is 17.4 Å². The molecule has 7 nitrogen and oxygen atoms in total. The quantitative estimate of drug-likeness (QED) is 0.344. The molecule has 0 unspecified atom stereocenters. The van der Waals surface area contributed by atoms with E-state index < -0.39 is 5.95 Å². The summed E-state index contributed by atoms with van der Waals surface area (Å²) in [6.45, 7) is 0.717. The zero-order valence-corrected chi connectivity index (χ0v) is 18.3. The van der Waals surface area contributed by atoms with Crippen molar-refractivity contribution in [3.63, 3.8) is 0 Å². The summed E-state index contributed by atoms with van der Waals surface area (Å²) >= 11 is 5.70. The van der Waals surface area contributed by atoms with Gasteiger partial charge in [0.05, 0.1) is 12.4 Å². The van der Waals surface area contributed by atoms with Gasteiger partial charge < -0.3 is 24.6 Å². The molecule has 4 aromatic rings. The second-order valence-electron chi connectivity index (χ2n) is 7.05. The van der Waals surface area contributed by atoms with Crippen LogP contribution in [-0.4, -0.2) is 22.4 Å². The lowest BCUT2D eigenvalue weighted by Gasteiger charge is -2.24. The average molecular weight is 447 g/mol. The summed E-state index contributed by atoms with van der Waals surface area (Å²) in [6.07, 6.45) is 0. The first-order valence-corrected chi connectivity index (χ1v) is 10.4. The Morgan fingerprint density at radius 3 is 2.31 bits per heavy atom. The second kappa shape index (κ2) is 9.93. The number of nitrogens with one attached hydrogen (secondary N) is 1. The van der Waals surface area contributed by atoms with Crippen molar-refractivity contribution in [2.75, 3.05) is 12.4 Å². The zero-order valence-electron chi connectivity index (χ0n) is 17.5. The highest BCUT2D eigenvalue weighted by atomic mass is 32.1. The second-order valence-corrected chi connectivity index (χ2v) is 7.44. The number of ether oxygens (including phenoxy) is 1. The van der Waals surface area contributed by atoms with Crippen molar-refractivity contribution < 1.29 is 19.0 Å². The van der Waals surface area contributed by atoms with Gasteiger partial charge >= 0.3 is 0 Å². The van der Waals surface area contributed by atoms with Gasteiger partial charge in [0, 0.05) is 24.4 Å². The first-order chi connectivity index (χ1) is 15.6. The molecule has 0 aliphatic carbocycles. The summed E-state index contributed by atoms with van der Waals surface area (Å²) in [5, 5.41) is 20.2. The van der Waals surface area contributed by atoms with E-state index in [1.165, 1.54) is 4.68 Å². The molecule has 3 aromatic carbocycles. The Hall–Kier alpha value is -3.91. The molecule has 0 atom stereocenters. The smallest absolute Gasteiger partial charge is 0.259 e. The van der Waals surface area contributed by atoms with Crippen LogP contribution >= 0.6 is 12.2 Å². The van der Waals surface area contributed by atoms with E-state index in [1.807, 2.05) is 77.7 Å². The molecule has 0 radical (unpaired) electrons. The van der Waals surface area contributed by atoms with Gasteiger partial charge in [-0.1, -0.05) is 48.5 Å². The highest BCUT2D eigenvalue weighted by molar-refractivity contribution is 7.80. The third kappa shape index (κ3) is 5.04. The minimum Gasteiger partial charge on any atom is -0.539 e. The molecule has 0 aliphatic rings. The van der Waals surface area contributed by atoms with Gasteiger partial charge in [0.15, 0.2) is 11.1 Å². The summed E-state index contributed by atoms with van der Waals surface area (Å²) in [4.78, 5) is 1.91. The largest absolute Gasteiger partial charge is 0.539 e. The van der Waals surface area contributed by atoms with Crippen molar-refractivity contribution in [2.45, 2.75) is 13.1 Å². The van der Waals surface area contributed by atoms with E-state index in [1.54, 1.807) is 19.2 Å². The highest BCUT2D eigenvalue weighted by Gasteiger charge is 2.24. The fraction of sp³-hybridized carbons (Fsp3) is 0.125. The van der Waals surface area contributed by atoms with E-state index in [4.69, 9.17) is 21.5 Å². The van der Waals surface area contributed by atoms with Gasteiger partial charge in [0.25, 0.3) is 5.69 Å². The lowest BCUT2D eigenvalue weighted by atomic mass is 10.2. The molecule has 4 rings (SSSR count). The number of anilines is 1. The minimum atomic E-state index is -0.513. The van der Waals surface area contributed by atoms with Gasteiger partial charge in [0.1, 0.15) is 12.3 Å². The molecule has 0 saturated heterocycles. The number of hydrogen-bond donors (Lipinski definition) is 1. The van der Waals surface area contributed by atoms with Crippen LogP contribution in [0.2, 0.25) is 0 Å². The first kappa shape index (κ1) is 21.3. The molecule has 32 heavy (non-hydrogen) atoms. The Morgan fingerprint density at radius 2 is 1.66 bits per heavy atom. The van der Waals surface area contributed by atoms with E-state index in [-0.39, 0.29) is 6.54 Å². The molecule has 0 fully saturated rings. The molecule has 1 N–H and O–H groups in total. The molecule has 162 valence electrons. The van der Waals surface area contributed by atoms with Gasteiger partial charge in [0.2, 0.25) is 5.69 Å². The predicted molar refractivity (Wildman–Crippen MR) is 122 cm³/mol. The number of rotatable bonds is 7. The van der Waals surface area contributed by atoms with Crippen LogP contribution in [0.25, 0.3) is 5.69 Å². The van der Waals surface area contributed by atoms with Crippen LogP contribution in [0.3, 0.4) is 0 Å². The maximum absolute atomic E-state index is 12.5. The molecule has 0 aliphatic heterocycles. The maximum atomic E-state index is 12.5. The Morgan fingerprint density at radius 1 is 1.00 bits per heavy atom. The lowest BCUT2D eigenvalue weighted by Crippen LogP contribution is -2.42. The Kier molecular flexibility index (Phi) is 6.62. The Bertz CT molecular complexity index is 1170. The normalized spacial score (nSPS) is 10.5. The molecular weight excluding hydrogens is 424 g/mol. The Labute approximate surface area is 191 Å². The molecule has 0 amide bonds. The molecule has 0 spiro atoms. The highest BCUT2D eigenvalue weighted by Crippen LogP contribution is 2.18. The minimum absolute atomic E-state index is 0.210. The third-order valence-electron chi connectivity index (χ3n) is 4.88. The topological polar surface area (TPSA) is 77.5 Å². The Balaban J connectivity index is 1.63. The van der Waals surface area contributed by atoms with Crippen molar-refractivity contribution in [1.29, 1.82) is 0 Å². The van der Waals surface area contributed by atoms with Crippen LogP contribution in [0.15, 0.2) is 89.5 Å². The SMILES string of the molecule is COc1ccc(-[n+]2noc([O-])c2CN(Cc2ccccc2)C(=S)Nc2ccccc2)cc1. The first-order valence-electron chi connectivity index (χ1n) is 10.0. The van der Waals surface area contributed by atoms with Crippen molar-refractivity contribution in [3.05, 3.63) is 96.2 Å². The standard InChI is InChI=1S/C24H22N4O3S/c1-30-21-14-12-20(13-15-21)28-22(23(29)31-26-28)17-27(16-18-8-4-2-5-9-18)24(32)25-19-10-6-3-7-11-19/h2-15H,16-17H2,1H3,(H-,25,26,29,32). The number of thiocarbonyl (C=S) groups is 1. The van der Waals surface area contributed by atoms with Crippen molar-refractivity contribution >= 4 is 23.0 Å². The van der Waals surface area contributed by atoms with Gasteiger partial charge in [-0.15, -0.1) is 0 Å². The zero-order chi connectivity index (χ0) is 22.3. The van der Waals surface area contributed by atoms with Crippen LogP contribution < -0.4 is 19.8 Å². The van der Waals surface area contributed by atoms with E-state index in [9.17, 15) is 5.11 Å². The molecular formula is C24H22N4O3S. The summed E-state index contributed by atoms with van der Waals surface area (Å²) in [5.74, 6) is 0.196. The average Bonchev–Trinajstić information content (AvgIpc) is 3.20. The fourth-order valence-corrected chi connectivity index (χ4v) is 3.48. The lowest BCUT2D eigenvalue weighted by molar-refractivity contribution is -0.678. The van der Waals surface area contributed by atoms with Gasteiger partial charge in [-0.25, -0.2) is 0 Å². The predicted octanol–water partition coefficient (Wildman–Crippen LogP) is 3.43. The number of hydrogen-bond acceptors (Lipinski definition) is 5. The van der Waals surface area contributed by atoms with Crippen LogP contribution in [0.1, 0.15) is 11.3 Å². The van der Waals surface area contributed by atoms with E-state index in [0.29, 0.717) is 28.8 Å². The monoisotopic (exact) mass is 446 g/mol. The molecule has 0 saturated carbocycles. The summed E-state index contributed by atoms with van der Waals surface area (Å²) in [7, 11) is 1.60. The van der Waals surface area contributed by atoms with Crippen LogP contribution in [0.5, 0.6) is 11.7 Å². The van der Waals surface area contributed by atoms with E-state index >= 15 is 0 Å². The van der Waals surface area contributed by atoms with Crippen molar-refractivity contribution in [2.24, 2.45) is 0 Å². The summed E-state index contributed by atoms with van der Waals surface area (Å²) in [6, 6.07) is 26.8. The number of methoxy groups -OCH3 is 1. The number of benzene rings is 3. The van der Waals surface area contributed by atoms with Crippen LogP contribution in [-0.2, 0) is 13.1 Å². The third-order valence-corrected chi connectivity index (χ3v) is 5.24. The van der Waals surface area contributed by atoms with Crippen LogP contribution in [0.4, 0.5) is 5.69 Å². The summed E-state index contributed by atoms with van der Waals surface area (Å²) in [5.41, 5.74) is 2.98. The number of aromatic nitrogens is 2. The van der Waals surface area contributed by atoms with Gasteiger partial charge in [-0.2, -0.15) is 0 Å². The van der Waals surface area contributed by atoms with Gasteiger partial charge in [-0.05, 0) is 46.7 Å². The maximum Gasteiger partial charge on any atom is 0.259 e. The molecule has 1 aromatic heterocycles.